The van der Waals surface area contributed by atoms with Gasteiger partial charge in [-0.1, -0.05) is 27.2 Å². The largest absolute Gasteiger partial charge is 0.463 e. The fraction of sp³-hybridized carbons (Fsp3) is 0.688. The summed E-state index contributed by atoms with van der Waals surface area (Å²) in [4.78, 5) is 14.9. The first-order valence-electron chi connectivity index (χ1n) is 8.78. The molecule has 4 N–H and O–H groups in total. The van der Waals surface area contributed by atoms with Gasteiger partial charge in [-0.15, -0.1) is 11.3 Å². The summed E-state index contributed by atoms with van der Waals surface area (Å²) >= 11 is 0.221. The van der Waals surface area contributed by atoms with Gasteiger partial charge in [0.1, 0.15) is 12.4 Å². The second-order valence-corrected chi connectivity index (χ2v) is 6.73. The first-order valence-corrected chi connectivity index (χ1v) is 9.59. The molecule has 0 bridgehead atoms. The van der Waals surface area contributed by atoms with Gasteiger partial charge in [-0.3, -0.25) is 14.8 Å². The molecule has 0 amide bonds. The van der Waals surface area contributed by atoms with Gasteiger partial charge in [-0.05, 0) is 13.5 Å². The number of H-pyrrole nitrogens is 1. The molecule has 1 unspecified atom stereocenters. The van der Waals surface area contributed by atoms with Crippen molar-refractivity contribution in [3.05, 3.63) is 21.9 Å². The number of rotatable bonds is 9. The number of aliphatic hydroxyl groups is 3. The smallest absolute Gasteiger partial charge is 0.434 e. The lowest BCUT2D eigenvalue weighted by Crippen LogP contribution is -2.31. The Bertz CT molecular complexity index is 660. The van der Waals surface area contributed by atoms with Crippen LogP contribution in [0.15, 0.2) is 6.33 Å². The van der Waals surface area contributed by atoms with Crippen LogP contribution in [0.1, 0.15) is 49.2 Å². The molecule has 9 nitrogen and oxygen atoms in total. The quantitative estimate of drug-likeness (QED) is 0.335. The Labute approximate surface area is 170 Å². The van der Waals surface area contributed by atoms with Crippen molar-refractivity contribution in [3.63, 3.8) is 0 Å². The number of aromatic amines is 1. The molecule has 1 rings (SSSR count). The zero-order chi connectivity index (χ0) is 22.7. The molecule has 0 aliphatic carbocycles. The number of alkyl halides is 3. The van der Waals surface area contributed by atoms with Crippen LogP contribution in [0.25, 0.3) is 0 Å². The van der Waals surface area contributed by atoms with Crippen molar-refractivity contribution in [2.45, 2.75) is 58.4 Å². The molecule has 168 valence electrons. The molecule has 0 saturated carbocycles. The molecule has 0 spiro atoms. The van der Waals surface area contributed by atoms with Crippen molar-refractivity contribution in [2.75, 3.05) is 13.6 Å². The third kappa shape index (κ3) is 9.99. The van der Waals surface area contributed by atoms with Gasteiger partial charge in [0.05, 0.1) is 4.88 Å². The summed E-state index contributed by atoms with van der Waals surface area (Å²) in [5, 5.41) is 32.4. The second kappa shape index (κ2) is 12.7. The van der Waals surface area contributed by atoms with E-state index in [-0.39, 0.29) is 30.9 Å². The summed E-state index contributed by atoms with van der Waals surface area (Å²) in [7, 11) is 1.50. The van der Waals surface area contributed by atoms with Crippen LogP contribution in [-0.2, 0) is 28.2 Å². The standard InChI is InChI=1S/C14H21F3N4O5S.C2H6/c1-3-4-9(26-8-22)5-21(2)6-10-11(13(15,16)17)18-7-19-20-12(27-10)14(23,24)25;1-2/h7-9,23-25H,3-6H2,1-2H3,(H,18,19);1-2H3. The van der Waals surface area contributed by atoms with Crippen molar-refractivity contribution < 1.29 is 38.0 Å². The lowest BCUT2D eigenvalue weighted by Gasteiger charge is -2.23. The maximum absolute atomic E-state index is 13.4. The van der Waals surface area contributed by atoms with E-state index in [1.54, 1.807) is 0 Å². The monoisotopic (exact) mass is 444 g/mol. The summed E-state index contributed by atoms with van der Waals surface area (Å²) in [5.41, 5.74) is -1.29. The molecule has 0 aliphatic rings. The van der Waals surface area contributed by atoms with Crippen LogP contribution in [0, 0.1) is 0 Å². The van der Waals surface area contributed by atoms with Crippen molar-refractivity contribution in [1.82, 2.24) is 20.1 Å². The highest BCUT2D eigenvalue weighted by Crippen LogP contribution is 2.33. The van der Waals surface area contributed by atoms with E-state index in [0.29, 0.717) is 19.2 Å². The van der Waals surface area contributed by atoms with Crippen LogP contribution in [0.2, 0.25) is 0 Å². The molecule has 1 aromatic rings. The van der Waals surface area contributed by atoms with Gasteiger partial charge in [0.15, 0.2) is 5.69 Å². The molecule has 0 aliphatic heterocycles. The third-order valence-electron chi connectivity index (χ3n) is 3.24. The highest BCUT2D eigenvalue weighted by atomic mass is 32.1. The number of likely N-dealkylation sites (N-methyl/N-ethyl adjacent to an activating group) is 1. The van der Waals surface area contributed by atoms with Gasteiger partial charge in [-0.25, -0.2) is 4.98 Å². The highest BCUT2D eigenvalue weighted by Gasteiger charge is 2.37. The lowest BCUT2D eigenvalue weighted by molar-refractivity contribution is -0.324. The van der Waals surface area contributed by atoms with Crippen LogP contribution in [0.3, 0.4) is 0 Å². The average molecular weight is 444 g/mol. The maximum atomic E-state index is 13.4. The molecule has 13 heteroatoms. The molecule has 29 heavy (non-hydrogen) atoms. The van der Waals surface area contributed by atoms with Crippen LogP contribution in [0.5, 0.6) is 0 Å². The topological polar surface area (TPSA) is 132 Å². The lowest BCUT2D eigenvalue weighted by atomic mass is 10.2. The van der Waals surface area contributed by atoms with Crippen molar-refractivity contribution in [2.24, 2.45) is 0 Å². The number of carbonyl (C=O) groups is 1. The molecule has 0 fully saturated rings. The molecule has 1 aromatic heterocycles. The number of halogens is 3. The number of hydrogen-bond donors (Lipinski definition) is 4. The molecular weight excluding hydrogens is 417 g/mol. The number of hydrogen-bond acceptors (Lipinski definition) is 9. The van der Waals surface area contributed by atoms with E-state index >= 15 is 0 Å². The Hall–Kier alpha value is -1.80. The summed E-state index contributed by atoms with van der Waals surface area (Å²) in [5.74, 6) is -3.44. The summed E-state index contributed by atoms with van der Waals surface area (Å²) in [6.07, 6.45) is -3.52. The minimum atomic E-state index is -4.84. The minimum Gasteiger partial charge on any atom is -0.463 e. The van der Waals surface area contributed by atoms with Crippen LogP contribution >= 0.6 is 11.3 Å². The zero-order valence-electron chi connectivity index (χ0n) is 16.6. The second-order valence-electron chi connectivity index (χ2n) is 5.65. The number of carbonyl (C=O) groups excluding carboxylic acids is 1. The van der Waals surface area contributed by atoms with E-state index < -0.39 is 33.8 Å². The van der Waals surface area contributed by atoms with Crippen molar-refractivity contribution >= 4 is 17.8 Å². The van der Waals surface area contributed by atoms with Crippen molar-refractivity contribution in [3.8, 4) is 0 Å². The van der Waals surface area contributed by atoms with Crippen molar-refractivity contribution in [1.29, 1.82) is 0 Å². The zero-order valence-corrected chi connectivity index (χ0v) is 17.4. The van der Waals surface area contributed by atoms with Crippen LogP contribution in [-0.4, -0.2) is 61.6 Å². The Morgan fingerprint density at radius 1 is 1.34 bits per heavy atom. The van der Waals surface area contributed by atoms with Gasteiger partial charge in [0, 0.05) is 13.1 Å². The number of nitrogens with zero attached hydrogens (tertiary/aromatic N) is 3. The summed E-state index contributed by atoms with van der Waals surface area (Å²) in [6, 6.07) is 0. The normalized spacial score (nSPS) is 12.7. The van der Waals surface area contributed by atoms with E-state index in [0.717, 1.165) is 0 Å². The Morgan fingerprint density at radius 3 is 2.45 bits per heavy atom. The summed E-state index contributed by atoms with van der Waals surface area (Å²) < 4.78 is 45.0. The van der Waals surface area contributed by atoms with Crippen LogP contribution in [0.4, 0.5) is 13.2 Å². The Balaban J connectivity index is 0.00000379. The predicted molar refractivity (Wildman–Crippen MR) is 98.8 cm³/mol. The molecule has 1 atom stereocenters. The fourth-order valence-corrected chi connectivity index (χ4v) is 3.20. The molecule has 0 aromatic carbocycles. The highest BCUT2D eigenvalue weighted by molar-refractivity contribution is 7.11. The van der Waals surface area contributed by atoms with E-state index in [1.807, 2.05) is 25.9 Å². The molecule has 0 saturated heterocycles. The van der Waals surface area contributed by atoms with Gasteiger partial charge >= 0.3 is 12.1 Å². The van der Waals surface area contributed by atoms with Gasteiger partial charge in [0.2, 0.25) is 5.01 Å². The maximum Gasteiger partial charge on any atom is 0.434 e. The average Bonchev–Trinajstić information content (AvgIpc) is 2.57. The number of nitrogens with one attached hydrogen (secondary N) is 1. The molecule has 0 radical (unpaired) electrons. The van der Waals surface area contributed by atoms with E-state index in [4.69, 9.17) is 4.74 Å². The molecular formula is C16H27F3N4O5S. The Morgan fingerprint density at radius 2 is 1.97 bits per heavy atom. The van der Waals surface area contributed by atoms with E-state index in [2.05, 4.69) is 10.1 Å². The fourth-order valence-electron chi connectivity index (χ4n) is 2.18. The number of ether oxygens (including phenoxy) is 1. The minimum absolute atomic E-state index is 0.138. The predicted octanol–water partition coefficient (Wildman–Crippen LogP) is 1.90. The van der Waals surface area contributed by atoms with Gasteiger partial charge in [0.25, 0.3) is 6.47 Å². The molecule has 1 heterocycles. The SMILES string of the molecule is CC.CCCC(CN(C)Cc1sc(C(O)(O)O)n[nH]cnc1C(F)(F)F)OC=O. The van der Waals surface area contributed by atoms with Crippen LogP contribution < -0.4 is 0 Å². The van der Waals surface area contributed by atoms with Gasteiger partial charge < -0.3 is 20.1 Å². The van der Waals surface area contributed by atoms with E-state index in [1.165, 1.54) is 11.9 Å². The third-order valence-corrected chi connectivity index (χ3v) is 4.37. The van der Waals surface area contributed by atoms with Gasteiger partial charge in [-0.2, -0.15) is 18.3 Å². The van der Waals surface area contributed by atoms with E-state index in [9.17, 15) is 33.3 Å². The first-order chi connectivity index (χ1) is 13.5. The Kier molecular flexibility index (Phi) is 11.9. The first kappa shape index (κ1) is 27.2. The summed E-state index contributed by atoms with van der Waals surface area (Å²) in [6.45, 7) is 5.95. The number of aromatic nitrogens is 3.